The Labute approximate surface area is 182 Å². The maximum atomic E-state index is 13.0. The van der Waals surface area contributed by atoms with Crippen molar-refractivity contribution in [2.45, 2.75) is 32.3 Å². The molecule has 1 aromatic carbocycles. The summed E-state index contributed by atoms with van der Waals surface area (Å²) in [6.07, 6.45) is 1.53. The van der Waals surface area contributed by atoms with Gasteiger partial charge in [0, 0.05) is 57.4 Å². The van der Waals surface area contributed by atoms with Gasteiger partial charge >= 0.3 is 0 Å². The van der Waals surface area contributed by atoms with E-state index in [0.717, 1.165) is 5.75 Å². The molecule has 1 aromatic heterocycles. The summed E-state index contributed by atoms with van der Waals surface area (Å²) in [6.45, 7) is 5.30. The Morgan fingerprint density at radius 1 is 1.13 bits per heavy atom. The summed E-state index contributed by atoms with van der Waals surface area (Å²) in [4.78, 5) is 29.5. The minimum atomic E-state index is -0.162. The number of amides is 2. The molecule has 166 valence electrons. The zero-order chi connectivity index (χ0) is 21.6. The highest BCUT2D eigenvalue weighted by atomic mass is 16.5. The van der Waals surface area contributed by atoms with E-state index in [1.807, 2.05) is 42.2 Å². The van der Waals surface area contributed by atoms with Gasteiger partial charge in [0.05, 0.1) is 13.2 Å². The smallest absolute Gasteiger partial charge is 0.276 e. The van der Waals surface area contributed by atoms with E-state index < -0.39 is 0 Å². The molecule has 2 aromatic rings. The maximum absolute atomic E-state index is 13.0. The van der Waals surface area contributed by atoms with Gasteiger partial charge in [-0.05, 0) is 12.1 Å². The monoisotopic (exact) mass is 427 g/mol. The first-order valence-electron chi connectivity index (χ1n) is 11.0. The number of carbonyl (C=O) groups is 2. The highest BCUT2D eigenvalue weighted by Gasteiger charge is 2.36. The second-order valence-corrected chi connectivity index (χ2v) is 8.00. The number of morpholine rings is 1. The number of hydrogen-bond donors (Lipinski definition) is 0. The molecule has 2 fully saturated rings. The van der Waals surface area contributed by atoms with Crippen LogP contribution < -0.4 is 4.74 Å². The van der Waals surface area contributed by atoms with Crippen LogP contribution >= 0.6 is 0 Å². The number of aryl methyl sites for hydroxylation is 1. The van der Waals surface area contributed by atoms with Crippen molar-refractivity contribution < 1.29 is 23.6 Å². The van der Waals surface area contributed by atoms with Crippen molar-refractivity contribution in [2.75, 3.05) is 39.4 Å². The largest absolute Gasteiger partial charge is 0.490 e. The van der Waals surface area contributed by atoms with Crippen LogP contribution in [0.5, 0.6) is 5.75 Å². The van der Waals surface area contributed by atoms with Crippen LogP contribution in [0.1, 0.15) is 36.0 Å². The molecule has 0 aliphatic carbocycles. The number of aromatic nitrogens is 1. The number of carbonyl (C=O) groups excluding carboxylic acids is 2. The normalized spacial score (nSPS) is 21.7. The van der Waals surface area contributed by atoms with Crippen LogP contribution in [0.3, 0.4) is 0 Å². The zero-order valence-electron chi connectivity index (χ0n) is 17.9. The lowest BCUT2D eigenvalue weighted by Gasteiger charge is -2.39. The minimum absolute atomic E-state index is 0.0824. The number of nitrogens with zero attached hydrogens (tertiary/aromatic N) is 3. The van der Waals surface area contributed by atoms with Gasteiger partial charge in [0.15, 0.2) is 5.69 Å². The fraction of sp³-hybridized carbons (Fsp3) is 0.522. The fourth-order valence-corrected chi connectivity index (χ4v) is 4.13. The van der Waals surface area contributed by atoms with Crippen LogP contribution in [0.15, 0.2) is 40.9 Å². The van der Waals surface area contributed by atoms with Crippen LogP contribution in [0.25, 0.3) is 0 Å². The second-order valence-electron chi connectivity index (χ2n) is 8.00. The van der Waals surface area contributed by atoms with Gasteiger partial charge in [-0.25, -0.2) is 0 Å². The maximum Gasteiger partial charge on any atom is 0.276 e. The van der Waals surface area contributed by atoms with Crippen molar-refractivity contribution in [3.63, 3.8) is 0 Å². The Hall–Kier alpha value is -2.87. The van der Waals surface area contributed by atoms with Gasteiger partial charge < -0.3 is 23.8 Å². The second kappa shape index (κ2) is 9.96. The van der Waals surface area contributed by atoms with Crippen LogP contribution in [0.4, 0.5) is 0 Å². The Kier molecular flexibility index (Phi) is 6.86. The SMILES string of the molecule is CCc1cc(C(=O)N2CC[C@H](Oc3ccccc3)[C@@H](CC(=O)N3CCOCC3)C2)no1. The molecule has 0 bridgehead atoms. The summed E-state index contributed by atoms with van der Waals surface area (Å²) in [6, 6.07) is 11.3. The molecule has 2 aliphatic rings. The lowest BCUT2D eigenvalue weighted by atomic mass is 9.90. The topological polar surface area (TPSA) is 85.1 Å². The molecule has 0 radical (unpaired) electrons. The lowest BCUT2D eigenvalue weighted by molar-refractivity contribution is -0.137. The van der Waals surface area contributed by atoms with Gasteiger partial charge in [-0.1, -0.05) is 30.3 Å². The molecule has 4 rings (SSSR count). The first-order valence-corrected chi connectivity index (χ1v) is 11.0. The van der Waals surface area contributed by atoms with Gasteiger partial charge in [0.25, 0.3) is 5.91 Å². The molecule has 8 nitrogen and oxygen atoms in total. The Balaban J connectivity index is 1.47. The number of para-hydroxylation sites is 1. The quantitative estimate of drug-likeness (QED) is 0.704. The number of rotatable bonds is 6. The predicted octanol–water partition coefficient (Wildman–Crippen LogP) is 2.40. The average molecular weight is 428 g/mol. The van der Waals surface area contributed by atoms with Crippen LogP contribution in [0, 0.1) is 5.92 Å². The van der Waals surface area contributed by atoms with Crippen LogP contribution in [0.2, 0.25) is 0 Å². The summed E-state index contributed by atoms with van der Waals surface area (Å²) in [5.74, 6) is 1.28. The van der Waals surface area contributed by atoms with Crippen molar-refractivity contribution in [1.29, 1.82) is 0 Å². The number of piperidine rings is 1. The van der Waals surface area contributed by atoms with Gasteiger partial charge in [-0.2, -0.15) is 0 Å². The van der Waals surface area contributed by atoms with Gasteiger partial charge in [0.2, 0.25) is 5.91 Å². The molecule has 8 heteroatoms. The van der Waals surface area contributed by atoms with Crippen molar-refractivity contribution in [1.82, 2.24) is 15.0 Å². The van der Waals surface area contributed by atoms with Gasteiger partial charge in [-0.15, -0.1) is 0 Å². The summed E-state index contributed by atoms with van der Waals surface area (Å²) < 4.78 is 16.8. The summed E-state index contributed by atoms with van der Waals surface area (Å²) in [7, 11) is 0. The van der Waals surface area contributed by atoms with E-state index in [2.05, 4.69) is 5.16 Å². The third kappa shape index (κ3) is 5.25. The van der Waals surface area contributed by atoms with Crippen LogP contribution in [-0.4, -0.2) is 72.3 Å². The Morgan fingerprint density at radius 2 is 1.90 bits per heavy atom. The molecule has 2 amide bonds. The standard InChI is InChI=1S/C23H29N3O5/c1-2-18-15-20(24-31-18)23(28)26-9-8-21(30-19-6-4-3-5-7-19)17(16-26)14-22(27)25-10-12-29-13-11-25/h3-7,15,17,21H,2,8-14,16H2,1H3/t17-,21-/m0/s1. The van der Waals surface area contributed by atoms with Crippen LogP contribution in [-0.2, 0) is 16.0 Å². The molecule has 0 unspecified atom stereocenters. The molecule has 31 heavy (non-hydrogen) atoms. The molecule has 2 atom stereocenters. The number of hydrogen-bond acceptors (Lipinski definition) is 6. The minimum Gasteiger partial charge on any atom is -0.490 e. The van der Waals surface area contributed by atoms with Crippen molar-refractivity contribution in [3.05, 3.63) is 47.9 Å². The molecule has 2 saturated heterocycles. The Bertz CT molecular complexity index is 878. The first kappa shape index (κ1) is 21.4. The first-order chi connectivity index (χ1) is 15.1. The average Bonchev–Trinajstić information content (AvgIpc) is 3.30. The van der Waals surface area contributed by atoms with Gasteiger partial charge in [-0.3, -0.25) is 9.59 Å². The lowest BCUT2D eigenvalue weighted by Crippen LogP contribution is -2.50. The third-order valence-electron chi connectivity index (χ3n) is 5.91. The summed E-state index contributed by atoms with van der Waals surface area (Å²) >= 11 is 0. The van der Waals surface area contributed by atoms with Crippen molar-refractivity contribution in [2.24, 2.45) is 5.92 Å². The zero-order valence-corrected chi connectivity index (χ0v) is 17.9. The Morgan fingerprint density at radius 3 is 2.61 bits per heavy atom. The third-order valence-corrected chi connectivity index (χ3v) is 5.91. The molecule has 0 saturated carbocycles. The molecule has 0 N–H and O–H groups in total. The number of likely N-dealkylation sites (tertiary alicyclic amines) is 1. The highest BCUT2D eigenvalue weighted by Crippen LogP contribution is 2.27. The molecule has 2 aliphatic heterocycles. The van der Waals surface area contributed by atoms with E-state index in [1.54, 1.807) is 11.0 Å². The van der Waals surface area contributed by atoms with E-state index >= 15 is 0 Å². The molecule has 0 spiro atoms. The molecular weight excluding hydrogens is 398 g/mol. The molecular formula is C23H29N3O5. The number of benzene rings is 1. The van der Waals surface area contributed by atoms with E-state index in [0.29, 0.717) is 70.1 Å². The van der Waals surface area contributed by atoms with E-state index in [-0.39, 0.29) is 23.8 Å². The fourth-order valence-electron chi connectivity index (χ4n) is 4.13. The van der Waals surface area contributed by atoms with E-state index in [9.17, 15) is 9.59 Å². The van der Waals surface area contributed by atoms with E-state index in [1.165, 1.54) is 0 Å². The van der Waals surface area contributed by atoms with E-state index in [4.69, 9.17) is 14.0 Å². The summed E-state index contributed by atoms with van der Waals surface area (Å²) in [5, 5.41) is 3.92. The molecule has 3 heterocycles. The van der Waals surface area contributed by atoms with Crippen molar-refractivity contribution in [3.8, 4) is 5.75 Å². The number of ether oxygens (including phenoxy) is 2. The highest BCUT2D eigenvalue weighted by molar-refractivity contribution is 5.92. The predicted molar refractivity (Wildman–Crippen MR) is 113 cm³/mol. The summed E-state index contributed by atoms with van der Waals surface area (Å²) in [5.41, 5.74) is 0.317. The van der Waals surface area contributed by atoms with Crippen molar-refractivity contribution >= 4 is 11.8 Å². The van der Waals surface area contributed by atoms with Gasteiger partial charge in [0.1, 0.15) is 17.6 Å².